The van der Waals surface area contributed by atoms with Gasteiger partial charge in [-0.1, -0.05) is 46.5 Å². The summed E-state index contributed by atoms with van der Waals surface area (Å²) in [5.41, 5.74) is 0. The van der Waals surface area contributed by atoms with Gasteiger partial charge in [-0.3, -0.25) is 0 Å². The lowest BCUT2D eigenvalue weighted by Gasteiger charge is -2.31. The average molecular weight is 197 g/mol. The van der Waals surface area contributed by atoms with Gasteiger partial charge in [0.25, 0.3) is 0 Å². The fourth-order valence-electron chi connectivity index (χ4n) is 2.33. The van der Waals surface area contributed by atoms with Gasteiger partial charge in [0.15, 0.2) is 0 Å². The first kappa shape index (κ1) is 12.0. The van der Waals surface area contributed by atoms with Crippen molar-refractivity contribution in [2.45, 2.75) is 65.3 Å². The molecule has 0 saturated heterocycles. The van der Waals surface area contributed by atoms with Gasteiger partial charge >= 0.3 is 0 Å². The molecule has 1 N–H and O–H groups in total. The lowest BCUT2D eigenvalue weighted by molar-refractivity contribution is 0.243. The highest BCUT2D eigenvalue weighted by molar-refractivity contribution is 4.78. The van der Waals surface area contributed by atoms with Crippen LogP contribution in [0.25, 0.3) is 0 Å². The molecule has 0 aromatic rings. The van der Waals surface area contributed by atoms with Crippen LogP contribution in [0.1, 0.15) is 59.3 Å². The Balaban J connectivity index is 2.21. The zero-order valence-corrected chi connectivity index (χ0v) is 10.2. The van der Waals surface area contributed by atoms with E-state index in [2.05, 4.69) is 26.1 Å². The Kier molecular flexibility index (Phi) is 5.54. The van der Waals surface area contributed by atoms with E-state index in [9.17, 15) is 0 Å². The summed E-state index contributed by atoms with van der Waals surface area (Å²) in [7, 11) is 0. The molecule has 1 nitrogen and oxygen atoms in total. The number of nitrogens with one attached hydrogen (secondary N) is 1. The molecule has 14 heavy (non-hydrogen) atoms. The van der Waals surface area contributed by atoms with Crippen LogP contribution in [-0.4, -0.2) is 12.6 Å². The largest absolute Gasteiger partial charge is 0.314 e. The van der Waals surface area contributed by atoms with Crippen LogP contribution in [0.15, 0.2) is 0 Å². The van der Waals surface area contributed by atoms with Crippen LogP contribution in [0.4, 0.5) is 0 Å². The third kappa shape index (κ3) is 4.00. The molecule has 1 aliphatic rings. The van der Waals surface area contributed by atoms with Crippen molar-refractivity contribution < 1.29 is 0 Å². The minimum Gasteiger partial charge on any atom is -0.314 e. The van der Waals surface area contributed by atoms with E-state index < -0.39 is 0 Å². The molecule has 84 valence electrons. The van der Waals surface area contributed by atoms with Crippen molar-refractivity contribution in [3.63, 3.8) is 0 Å². The molecule has 0 spiro atoms. The van der Waals surface area contributed by atoms with Crippen LogP contribution in [-0.2, 0) is 0 Å². The van der Waals surface area contributed by atoms with Crippen LogP contribution in [0.5, 0.6) is 0 Å². The maximum atomic E-state index is 3.65. The Hall–Kier alpha value is -0.0400. The van der Waals surface area contributed by atoms with Crippen molar-refractivity contribution >= 4 is 0 Å². The van der Waals surface area contributed by atoms with E-state index in [1.807, 2.05) is 0 Å². The van der Waals surface area contributed by atoms with Gasteiger partial charge in [-0.15, -0.1) is 0 Å². The Bertz CT molecular complexity index is 133. The lowest BCUT2D eigenvalue weighted by Crippen LogP contribution is -2.34. The van der Waals surface area contributed by atoms with Crippen molar-refractivity contribution in [2.75, 3.05) is 6.54 Å². The van der Waals surface area contributed by atoms with Gasteiger partial charge in [-0.2, -0.15) is 0 Å². The highest BCUT2D eigenvalue weighted by atomic mass is 14.9. The highest BCUT2D eigenvalue weighted by Gasteiger charge is 2.22. The van der Waals surface area contributed by atoms with Gasteiger partial charge in [0, 0.05) is 6.04 Å². The van der Waals surface area contributed by atoms with Gasteiger partial charge in [-0.25, -0.2) is 0 Å². The molecule has 0 radical (unpaired) electrons. The minimum atomic E-state index is 0.792. The Labute approximate surface area is 89.7 Å². The second-order valence-electron chi connectivity index (χ2n) is 5.04. The second-order valence-corrected chi connectivity index (χ2v) is 5.04. The van der Waals surface area contributed by atoms with Crippen LogP contribution < -0.4 is 5.32 Å². The molecule has 1 rings (SSSR count). The van der Waals surface area contributed by atoms with Crippen LogP contribution in [0.2, 0.25) is 0 Å². The van der Waals surface area contributed by atoms with Gasteiger partial charge in [0.2, 0.25) is 0 Å². The van der Waals surface area contributed by atoms with Crippen molar-refractivity contribution in [1.29, 1.82) is 0 Å². The summed E-state index contributed by atoms with van der Waals surface area (Å²) in [5, 5.41) is 3.65. The van der Waals surface area contributed by atoms with Crippen molar-refractivity contribution in [1.82, 2.24) is 5.32 Å². The monoisotopic (exact) mass is 197 g/mol. The van der Waals surface area contributed by atoms with E-state index in [1.54, 1.807) is 0 Å². The normalized spacial score (nSPS) is 21.6. The summed E-state index contributed by atoms with van der Waals surface area (Å²) in [6.07, 6.45) is 8.59. The molecule has 0 aromatic carbocycles. The third-order valence-electron chi connectivity index (χ3n) is 3.72. The number of rotatable bonds is 7. The molecular formula is C13H27N. The SMILES string of the molecule is CCNC(CC(C)CC)CC1CCC1. The fraction of sp³-hybridized carbons (Fsp3) is 1.00. The van der Waals surface area contributed by atoms with Crippen LogP contribution >= 0.6 is 0 Å². The number of hydrogen-bond donors (Lipinski definition) is 1. The molecular weight excluding hydrogens is 170 g/mol. The van der Waals surface area contributed by atoms with Gasteiger partial charge in [0.05, 0.1) is 0 Å². The third-order valence-corrected chi connectivity index (χ3v) is 3.72. The van der Waals surface area contributed by atoms with Gasteiger partial charge in [0.1, 0.15) is 0 Å². The predicted molar refractivity (Wildman–Crippen MR) is 63.5 cm³/mol. The molecule has 2 unspecified atom stereocenters. The van der Waals surface area contributed by atoms with Crippen molar-refractivity contribution in [2.24, 2.45) is 11.8 Å². The van der Waals surface area contributed by atoms with Gasteiger partial charge in [-0.05, 0) is 31.2 Å². The van der Waals surface area contributed by atoms with E-state index in [0.29, 0.717) is 0 Å². The number of hydrogen-bond acceptors (Lipinski definition) is 1. The fourth-order valence-corrected chi connectivity index (χ4v) is 2.33. The maximum Gasteiger partial charge on any atom is 0.00721 e. The summed E-state index contributed by atoms with van der Waals surface area (Å²) < 4.78 is 0. The van der Waals surface area contributed by atoms with Gasteiger partial charge < -0.3 is 5.32 Å². The second kappa shape index (κ2) is 6.44. The van der Waals surface area contributed by atoms with Crippen molar-refractivity contribution in [3.8, 4) is 0 Å². The van der Waals surface area contributed by atoms with Crippen molar-refractivity contribution in [3.05, 3.63) is 0 Å². The molecule has 0 amide bonds. The summed E-state index contributed by atoms with van der Waals surface area (Å²) in [6, 6.07) is 0.792. The van der Waals surface area contributed by atoms with E-state index in [4.69, 9.17) is 0 Å². The average Bonchev–Trinajstić information content (AvgIpc) is 2.11. The van der Waals surface area contributed by atoms with E-state index >= 15 is 0 Å². The zero-order chi connectivity index (χ0) is 10.4. The molecule has 1 saturated carbocycles. The standard InChI is InChI=1S/C13H27N/c1-4-11(3)9-13(14-5-2)10-12-7-6-8-12/h11-14H,4-10H2,1-3H3. The van der Waals surface area contributed by atoms with E-state index in [1.165, 1.54) is 38.5 Å². The molecule has 0 bridgehead atoms. The first-order valence-corrected chi connectivity index (χ1v) is 6.49. The summed E-state index contributed by atoms with van der Waals surface area (Å²) in [4.78, 5) is 0. The topological polar surface area (TPSA) is 12.0 Å². The molecule has 0 aliphatic heterocycles. The smallest absolute Gasteiger partial charge is 0.00721 e. The quantitative estimate of drug-likeness (QED) is 0.657. The van der Waals surface area contributed by atoms with Crippen LogP contribution in [0.3, 0.4) is 0 Å². The maximum absolute atomic E-state index is 3.65. The van der Waals surface area contributed by atoms with E-state index in [-0.39, 0.29) is 0 Å². The zero-order valence-electron chi connectivity index (χ0n) is 10.2. The Morgan fingerprint density at radius 1 is 1.29 bits per heavy atom. The molecule has 1 aliphatic carbocycles. The summed E-state index contributed by atoms with van der Waals surface area (Å²) in [5.74, 6) is 1.93. The molecule has 0 heterocycles. The van der Waals surface area contributed by atoms with Crippen LogP contribution in [0, 0.1) is 11.8 Å². The minimum absolute atomic E-state index is 0.792. The molecule has 2 atom stereocenters. The highest BCUT2D eigenvalue weighted by Crippen LogP contribution is 2.31. The first-order valence-electron chi connectivity index (χ1n) is 6.49. The molecule has 0 aromatic heterocycles. The Morgan fingerprint density at radius 3 is 2.43 bits per heavy atom. The lowest BCUT2D eigenvalue weighted by atomic mass is 9.79. The van der Waals surface area contributed by atoms with E-state index in [0.717, 1.165) is 24.4 Å². The first-order chi connectivity index (χ1) is 6.76. The summed E-state index contributed by atoms with van der Waals surface area (Å²) in [6.45, 7) is 8.04. The summed E-state index contributed by atoms with van der Waals surface area (Å²) >= 11 is 0. The molecule has 1 fully saturated rings. The predicted octanol–water partition coefficient (Wildman–Crippen LogP) is 3.59. The Morgan fingerprint density at radius 2 is 2.00 bits per heavy atom. The molecule has 1 heteroatoms.